The first kappa shape index (κ1) is 10.5. The Morgan fingerprint density at radius 2 is 2.00 bits per heavy atom. The van der Waals surface area contributed by atoms with Gasteiger partial charge in [-0.25, -0.2) is 0 Å². The van der Waals surface area contributed by atoms with Gasteiger partial charge in [-0.2, -0.15) is 0 Å². The lowest BCUT2D eigenvalue weighted by atomic mass is 10.2. The molecular weight excluding hydrogens is 312 g/mol. The van der Waals surface area contributed by atoms with Crippen LogP contribution in [0.5, 0.6) is 0 Å². The van der Waals surface area contributed by atoms with Crippen LogP contribution in [0, 0.1) is 3.57 Å². The number of nitrogens with zero attached hydrogens (tertiary/aromatic N) is 1. The Balaban J connectivity index is 2.22. The van der Waals surface area contributed by atoms with Crippen molar-refractivity contribution in [3.63, 3.8) is 0 Å². The van der Waals surface area contributed by atoms with Gasteiger partial charge in [0.15, 0.2) is 0 Å². The Morgan fingerprint density at radius 1 is 1.29 bits per heavy atom. The Bertz CT molecular complexity index is 326. The van der Waals surface area contributed by atoms with Gasteiger partial charge >= 0.3 is 0 Å². The van der Waals surface area contributed by atoms with Crippen LogP contribution in [0.3, 0.4) is 0 Å². The molecule has 0 N–H and O–H groups in total. The zero-order chi connectivity index (χ0) is 9.97. The summed E-state index contributed by atoms with van der Waals surface area (Å²) in [6.07, 6.45) is 0. The third kappa shape index (κ3) is 2.32. The average Bonchev–Trinajstić information content (AvgIpc) is 2.19. The number of morpholine rings is 1. The molecule has 0 atom stereocenters. The van der Waals surface area contributed by atoms with Gasteiger partial charge in [0, 0.05) is 16.7 Å². The number of rotatable bonds is 1. The summed E-state index contributed by atoms with van der Waals surface area (Å²) >= 11 is 8.44. The van der Waals surface area contributed by atoms with E-state index in [1.165, 1.54) is 3.57 Å². The van der Waals surface area contributed by atoms with E-state index in [0.717, 1.165) is 37.0 Å². The standard InChI is InChI=1S/C10H11ClINO/c11-9-7-8(12)1-2-10(9)13-3-5-14-6-4-13/h1-2,7H,3-6H2. The van der Waals surface area contributed by atoms with E-state index in [2.05, 4.69) is 39.6 Å². The van der Waals surface area contributed by atoms with Gasteiger partial charge in [-0.3, -0.25) is 0 Å². The summed E-state index contributed by atoms with van der Waals surface area (Å²) in [6.45, 7) is 3.45. The molecule has 1 fully saturated rings. The summed E-state index contributed by atoms with van der Waals surface area (Å²) in [5, 5.41) is 0.832. The molecule has 1 aromatic carbocycles. The SMILES string of the molecule is Clc1cc(I)ccc1N1CCOCC1. The maximum absolute atomic E-state index is 6.18. The van der Waals surface area contributed by atoms with Crippen LogP contribution in [0.25, 0.3) is 0 Å². The molecule has 1 aromatic rings. The molecular formula is C10H11ClINO. The maximum atomic E-state index is 6.18. The highest BCUT2D eigenvalue weighted by Gasteiger charge is 2.13. The van der Waals surface area contributed by atoms with Gasteiger partial charge in [-0.15, -0.1) is 0 Å². The van der Waals surface area contributed by atoms with Crippen LogP contribution in [0.2, 0.25) is 5.02 Å². The highest BCUT2D eigenvalue weighted by Crippen LogP contribution is 2.27. The second-order valence-corrected chi connectivity index (χ2v) is 4.85. The highest BCUT2D eigenvalue weighted by molar-refractivity contribution is 14.1. The molecule has 0 aliphatic carbocycles. The predicted octanol–water partition coefficient (Wildman–Crippen LogP) is 2.78. The van der Waals surface area contributed by atoms with E-state index in [1.807, 2.05) is 6.07 Å². The Hall–Kier alpha value is -0.000000000000000132. The van der Waals surface area contributed by atoms with E-state index in [4.69, 9.17) is 16.3 Å². The number of ether oxygens (including phenoxy) is 1. The molecule has 1 heterocycles. The second-order valence-electron chi connectivity index (χ2n) is 3.20. The fourth-order valence-electron chi connectivity index (χ4n) is 1.54. The van der Waals surface area contributed by atoms with E-state index in [0.29, 0.717) is 0 Å². The lowest BCUT2D eigenvalue weighted by molar-refractivity contribution is 0.122. The molecule has 1 aliphatic rings. The maximum Gasteiger partial charge on any atom is 0.0650 e. The minimum atomic E-state index is 0.794. The molecule has 4 heteroatoms. The van der Waals surface area contributed by atoms with Crippen LogP contribution in [0.4, 0.5) is 5.69 Å². The number of hydrogen-bond donors (Lipinski definition) is 0. The Morgan fingerprint density at radius 3 is 2.64 bits per heavy atom. The number of hydrogen-bond acceptors (Lipinski definition) is 2. The molecule has 0 spiro atoms. The molecule has 0 unspecified atom stereocenters. The largest absolute Gasteiger partial charge is 0.378 e. The second kappa shape index (κ2) is 4.68. The molecule has 0 aromatic heterocycles. The van der Waals surface area contributed by atoms with Crippen molar-refractivity contribution in [3.8, 4) is 0 Å². The Labute approximate surface area is 102 Å². The van der Waals surface area contributed by atoms with Crippen LogP contribution in [-0.2, 0) is 4.74 Å². The fraction of sp³-hybridized carbons (Fsp3) is 0.400. The minimum Gasteiger partial charge on any atom is -0.378 e. The van der Waals surface area contributed by atoms with Crippen molar-refractivity contribution in [2.24, 2.45) is 0 Å². The normalized spacial score (nSPS) is 17.1. The van der Waals surface area contributed by atoms with Gasteiger partial charge < -0.3 is 9.64 Å². The van der Waals surface area contributed by atoms with Gasteiger partial charge in [-0.1, -0.05) is 11.6 Å². The molecule has 0 radical (unpaired) electrons. The van der Waals surface area contributed by atoms with Crippen molar-refractivity contribution in [1.82, 2.24) is 0 Å². The van der Waals surface area contributed by atoms with Crippen molar-refractivity contribution >= 4 is 39.9 Å². The van der Waals surface area contributed by atoms with Gasteiger partial charge in [0.25, 0.3) is 0 Å². The fourth-order valence-corrected chi connectivity index (χ4v) is 2.52. The zero-order valence-corrected chi connectivity index (χ0v) is 10.6. The molecule has 1 aliphatic heterocycles. The minimum absolute atomic E-state index is 0.794. The summed E-state index contributed by atoms with van der Waals surface area (Å²) in [4.78, 5) is 2.27. The number of anilines is 1. The van der Waals surface area contributed by atoms with Crippen LogP contribution in [-0.4, -0.2) is 26.3 Å². The third-order valence-corrected chi connectivity index (χ3v) is 3.24. The van der Waals surface area contributed by atoms with Crippen LogP contribution >= 0.6 is 34.2 Å². The first-order valence-corrected chi connectivity index (χ1v) is 6.01. The van der Waals surface area contributed by atoms with E-state index < -0.39 is 0 Å². The summed E-state index contributed by atoms with van der Waals surface area (Å²) < 4.78 is 6.47. The first-order chi connectivity index (χ1) is 6.77. The van der Waals surface area contributed by atoms with Crippen molar-refractivity contribution in [2.45, 2.75) is 0 Å². The topological polar surface area (TPSA) is 12.5 Å². The monoisotopic (exact) mass is 323 g/mol. The summed E-state index contributed by atoms with van der Waals surface area (Å²) in [5.74, 6) is 0. The molecule has 2 rings (SSSR count). The van der Waals surface area contributed by atoms with Gasteiger partial charge in [0.05, 0.1) is 23.9 Å². The van der Waals surface area contributed by atoms with Crippen LogP contribution in [0.15, 0.2) is 18.2 Å². The summed E-state index contributed by atoms with van der Waals surface area (Å²) in [5.41, 5.74) is 1.12. The molecule has 1 saturated heterocycles. The van der Waals surface area contributed by atoms with E-state index >= 15 is 0 Å². The van der Waals surface area contributed by atoms with Crippen molar-refractivity contribution in [3.05, 3.63) is 26.8 Å². The van der Waals surface area contributed by atoms with E-state index in [-0.39, 0.29) is 0 Å². The molecule has 0 bridgehead atoms. The molecule has 0 saturated carbocycles. The molecule has 14 heavy (non-hydrogen) atoms. The van der Waals surface area contributed by atoms with Crippen molar-refractivity contribution in [2.75, 3.05) is 31.2 Å². The predicted molar refractivity (Wildman–Crippen MR) is 67.2 cm³/mol. The van der Waals surface area contributed by atoms with E-state index in [9.17, 15) is 0 Å². The van der Waals surface area contributed by atoms with Gasteiger partial charge in [-0.05, 0) is 40.8 Å². The van der Waals surface area contributed by atoms with Crippen molar-refractivity contribution in [1.29, 1.82) is 0 Å². The van der Waals surface area contributed by atoms with Crippen LogP contribution in [0.1, 0.15) is 0 Å². The average molecular weight is 324 g/mol. The lowest BCUT2D eigenvalue weighted by Gasteiger charge is -2.29. The van der Waals surface area contributed by atoms with Crippen LogP contribution < -0.4 is 4.90 Å². The van der Waals surface area contributed by atoms with Crippen molar-refractivity contribution < 1.29 is 4.74 Å². The summed E-state index contributed by atoms with van der Waals surface area (Å²) in [7, 11) is 0. The number of benzene rings is 1. The molecule has 0 amide bonds. The smallest absolute Gasteiger partial charge is 0.0650 e. The highest BCUT2D eigenvalue weighted by atomic mass is 127. The quantitative estimate of drug-likeness (QED) is 0.737. The third-order valence-electron chi connectivity index (χ3n) is 2.26. The van der Waals surface area contributed by atoms with Gasteiger partial charge in [0.2, 0.25) is 0 Å². The van der Waals surface area contributed by atoms with Gasteiger partial charge in [0.1, 0.15) is 0 Å². The first-order valence-electron chi connectivity index (χ1n) is 4.55. The molecule has 2 nitrogen and oxygen atoms in total. The lowest BCUT2D eigenvalue weighted by Crippen LogP contribution is -2.36. The zero-order valence-electron chi connectivity index (χ0n) is 7.67. The Kier molecular flexibility index (Phi) is 3.52. The molecule has 76 valence electrons. The number of halogens is 2. The van der Waals surface area contributed by atoms with E-state index in [1.54, 1.807) is 0 Å². The summed E-state index contributed by atoms with van der Waals surface area (Å²) in [6, 6.07) is 6.15.